The fourth-order valence-electron chi connectivity index (χ4n) is 1.32. The molecule has 1 aromatic heterocycles. The Bertz CT molecular complexity index is 375. The standard InChI is InChI=1S/C11H17N3O2/c1-3-8(6-12)11(16)14-10-9(15)5-4-7(2)13-10/h4-5,8,15H,3,6,12H2,1-2H3,(H,13,14,16). The van der Waals surface area contributed by atoms with E-state index >= 15 is 0 Å². The van der Waals surface area contributed by atoms with Gasteiger partial charge >= 0.3 is 0 Å². The molecule has 4 N–H and O–H groups in total. The van der Waals surface area contributed by atoms with E-state index in [0.29, 0.717) is 6.42 Å². The predicted octanol–water partition coefficient (Wildman–Crippen LogP) is 1.02. The van der Waals surface area contributed by atoms with Crippen LogP contribution >= 0.6 is 0 Å². The highest BCUT2D eigenvalue weighted by molar-refractivity contribution is 5.92. The van der Waals surface area contributed by atoms with E-state index in [-0.39, 0.29) is 29.9 Å². The molecular formula is C11H17N3O2. The summed E-state index contributed by atoms with van der Waals surface area (Å²) in [5.41, 5.74) is 6.19. The van der Waals surface area contributed by atoms with Gasteiger partial charge in [0.1, 0.15) is 0 Å². The summed E-state index contributed by atoms with van der Waals surface area (Å²) in [5, 5.41) is 12.1. The minimum Gasteiger partial charge on any atom is -0.504 e. The molecule has 0 saturated carbocycles. The normalized spacial score (nSPS) is 12.2. The van der Waals surface area contributed by atoms with Crippen LogP contribution < -0.4 is 11.1 Å². The van der Waals surface area contributed by atoms with Gasteiger partial charge in [-0.1, -0.05) is 6.92 Å². The second kappa shape index (κ2) is 5.46. The number of aromatic hydroxyl groups is 1. The van der Waals surface area contributed by atoms with Crippen LogP contribution in [0, 0.1) is 12.8 Å². The monoisotopic (exact) mass is 223 g/mol. The molecule has 0 aliphatic carbocycles. The number of nitrogens with zero attached hydrogens (tertiary/aromatic N) is 1. The third-order valence-corrected chi connectivity index (χ3v) is 2.40. The van der Waals surface area contributed by atoms with Crippen molar-refractivity contribution in [2.45, 2.75) is 20.3 Å². The smallest absolute Gasteiger partial charge is 0.230 e. The number of carbonyl (C=O) groups is 1. The van der Waals surface area contributed by atoms with E-state index in [1.54, 1.807) is 13.0 Å². The molecule has 5 heteroatoms. The zero-order chi connectivity index (χ0) is 12.1. The maximum absolute atomic E-state index is 11.7. The molecule has 88 valence electrons. The van der Waals surface area contributed by atoms with Crippen molar-refractivity contribution in [1.29, 1.82) is 0 Å². The third-order valence-electron chi connectivity index (χ3n) is 2.40. The minimum absolute atomic E-state index is 0.0363. The first kappa shape index (κ1) is 12.4. The van der Waals surface area contributed by atoms with E-state index in [4.69, 9.17) is 5.73 Å². The SMILES string of the molecule is CCC(CN)C(=O)Nc1nc(C)ccc1O. The molecule has 1 aromatic rings. The minimum atomic E-state index is -0.248. The van der Waals surface area contributed by atoms with Gasteiger partial charge in [0.05, 0.1) is 5.92 Å². The van der Waals surface area contributed by atoms with Gasteiger partial charge in [-0.15, -0.1) is 0 Å². The molecule has 0 fully saturated rings. The Morgan fingerprint density at radius 1 is 1.62 bits per heavy atom. The molecule has 1 heterocycles. The van der Waals surface area contributed by atoms with E-state index in [0.717, 1.165) is 5.69 Å². The third kappa shape index (κ3) is 2.93. The molecule has 0 saturated heterocycles. The first-order chi connectivity index (χ1) is 7.58. The van der Waals surface area contributed by atoms with E-state index in [1.807, 2.05) is 6.92 Å². The fraction of sp³-hybridized carbons (Fsp3) is 0.455. The number of nitrogens with two attached hydrogens (primary N) is 1. The van der Waals surface area contributed by atoms with Gasteiger partial charge < -0.3 is 16.2 Å². The Labute approximate surface area is 94.7 Å². The largest absolute Gasteiger partial charge is 0.504 e. The summed E-state index contributed by atoms with van der Waals surface area (Å²) < 4.78 is 0. The molecule has 0 spiro atoms. The summed E-state index contributed by atoms with van der Waals surface area (Å²) in [6.07, 6.45) is 0.662. The fourth-order valence-corrected chi connectivity index (χ4v) is 1.32. The first-order valence-electron chi connectivity index (χ1n) is 5.26. The number of pyridine rings is 1. The Morgan fingerprint density at radius 2 is 2.31 bits per heavy atom. The van der Waals surface area contributed by atoms with Gasteiger partial charge in [0, 0.05) is 12.2 Å². The van der Waals surface area contributed by atoms with Crippen LogP contribution in [-0.4, -0.2) is 22.5 Å². The average Bonchev–Trinajstić information content (AvgIpc) is 2.25. The van der Waals surface area contributed by atoms with Crippen molar-refractivity contribution in [2.24, 2.45) is 11.7 Å². The molecule has 0 bridgehead atoms. The molecule has 0 aliphatic rings. The number of rotatable bonds is 4. The summed E-state index contributed by atoms with van der Waals surface area (Å²) in [4.78, 5) is 15.7. The van der Waals surface area contributed by atoms with E-state index in [2.05, 4.69) is 10.3 Å². The quantitative estimate of drug-likeness (QED) is 0.711. The predicted molar refractivity (Wildman–Crippen MR) is 62.1 cm³/mol. The number of carbonyl (C=O) groups excluding carboxylic acids is 1. The topological polar surface area (TPSA) is 88.2 Å². The summed E-state index contributed by atoms with van der Waals surface area (Å²) >= 11 is 0. The number of hydrogen-bond donors (Lipinski definition) is 3. The van der Waals surface area contributed by atoms with Gasteiger partial charge in [0.2, 0.25) is 5.91 Å². The molecule has 0 aromatic carbocycles. The van der Waals surface area contributed by atoms with Crippen LogP contribution in [-0.2, 0) is 4.79 Å². The second-order valence-corrected chi connectivity index (χ2v) is 3.65. The lowest BCUT2D eigenvalue weighted by atomic mass is 10.1. The van der Waals surface area contributed by atoms with Crippen LogP contribution in [0.2, 0.25) is 0 Å². The summed E-state index contributed by atoms with van der Waals surface area (Å²) in [7, 11) is 0. The number of amides is 1. The van der Waals surface area contributed by atoms with Gasteiger partial charge in [-0.25, -0.2) is 4.98 Å². The second-order valence-electron chi connectivity index (χ2n) is 3.65. The van der Waals surface area contributed by atoms with Crippen LogP contribution in [0.15, 0.2) is 12.1 Å². The number of aryl methyl sites for hydroxylation is 1. The number of aromatic nitrogens is 1. The van der Waals surface area contributed by atoms with Crippen LogP contribution in [0.1, 0.15) is 19.0 Å². The lowest BCUT2D eigenvalue weighted by Gasteiger charge is -2.13. The molecule has 1 rings (SSSR count). The van der Waals surface area contributed by atoms with Crippen LogP contribution in [0.3, 0.4) is 0 Å². The van der Waals surface area contributed by atoms with Crippen LogP contribution in [0.5, 0.6) is 5.75 Å². The van der Waals surface area contributed by atoms with Gasteiger partial charge in [0.15, 0.2) is 11.6 Å². The maximum atomic E-state index is 11.7. The summed E-state index contributed by atoms with van der Waals surface area (Å²) in [5.74, 6) is -0.303. The highest BCUT2D eigenvalue weighted by atomic mass is 16.3. The molecule has 0 radical (unpaired) electrons. The zero-order valence-corrected chi connectivity index (χ0v) is 9.53. The molecule has 5 nitrogen and oxygen atoms in total. The Morgan fingerprint density at radius 3 is 2.88 bits per heavy atom. The van der Waals surface area contributed by atoms with Gasteiger partial charge in [0.25, 0.3) is 0 Å². The molecule has 1 unspecified atom stereocenters. The van der Waals surface area contributed by atoms with Gasteiger partial charge in [-0.2, -0.15) is 0 Å². The number of anilines is 1. The van der Waals surface area contributed by atoms with Crippen molar-refractivity contribution < 1.29 is 9.90 Å². The van der Waals surface area contributed by atoms with Crippen molar-refractivity contribution >= 4 is 11.7 Å². The Kier molecular flexibility index (Phi) is 4.25. The zero-order valence-electron chi connectivity index (χ0n) is 9.53. The molecule has 0 aliphatic heterocycles. The van der Waals surface area contributed by atoms with Gasteiger partial charge in [-0.3, -0.25) is 4.79 Å². The average molecular weight is 223 g/mol. The van der Waals surface area contributed by atoms with Gasteiger partial charge in [-0.05, 0) is 25.5 Å². The number of nitrogens with one attached hydrogen (secondary N) is 1. The summed E-state index contributed by atoms with van der Waals surface area (Å²) in [6, 6.07) is 3.17. The molecule has 1 atom stereocenters. The number of hydrogen-bond acceptors (Lipinski definition) is 4. The Hall–Kier alpha value is -1.62. The molecule has 16 heavy (non-hydrogen) atoms. The maximum Gasteiger partial charge on any atom is 0.230 e. The molecule has 1 amide bonds. The highest BCUT2D eigenvalue weighted by Gasteiger charge is 2.16. The van der Waals surface area contributed by atoms with Crippen molar-refractivity contribution in [1.82, 2.24) is 4.98 Å². The molecular weight excluding hydrogens is 206 g/mol. The van der Waals surface area contributed by atoms with Crippen molar-refractivity contribution in [2.75, 3.05) is 11.9 Å². The van der Waals surface area contributed by atoms with E-state index < -0.39 is 0 Å². The Balaban J connectivity index is 2.80. The van der Waals surface area contributed by atoms with E-state index in [9.17, 15) is 9.90 Å². The highest BCUT2D eigenvalue weighted by Crippen LogP contribution is 2.20. The lowest BCUT2D eigenvalue weighted by Crippen LogP contribution is -2.29. The first-order valence-corrected chi connectivity index (χ1v) is 5.26. The van der Waals surface area contributed by atoms with E-state index in [1.165, 1.54) is 6.07 Å². The van der Waals surface area contributed by atoms with Crippen molar-refractivity contribution in [3.8, 4) is 5.75 Å². The van der Waals surface area contributed by atoms with Crippen molar-refractivity contribution in [3.63, 3.8) is 0 Å². The lowest BCUT2D eigenvalue weighted by molar-refractivity contribution is -0.119. The van der Waals surface area contributed by atoms with Crippen LogP contribution in [0.25, 0.3) is 0 Å². The summed E-state index contributed by atoms with van der Waals surface area (Å²) in [6.45, 7) is 3.96. The van der Waals surface area contributed by atoms with Crippen molar-refractivity contribution in [3.05, 3.63) is 17.8 Å². The van der Waals surface area contributed by atoms with Crippen LogP contribution in [0.4, 0.5) is 5.82 Å².